The summed E-state index contributed by atoms with van der Waals surface area (Å²) in [6.45, 7) is 1.85. The number of rotatable bonds is 4. The van der Waals surface area contributed by atoms with Gasteiger partial charge in [-0.05, 0) is 19.1 Å². The van der Waals surface area contributed by atoms with Crippen molar-refractivity contribution in [3.63, 3.8) is 0 Å². The van der Waals surface area contributed by atoms with Crippen LogP contribution in [-0.2, 0) is 0 Å². The Labute approximate surface area is 97.3 Å². The van der Waals surface area contributed by atoms with Gasteiger partial charge in [-0.1, -0.05) is 0 Å². The molecule has 17 heavy (non-hydrogen) atoms. The topological polar surface area (TPSA) is 88.2 Å². The van der Waals surface area contributed by atoms with Crippen molar-refractivity contribution in [2.45, 2.75) is 13.0 Å². The Balaban J connectivity index is 2.21. The van der Waals surface area contributed by atoms with E-state index in [-0.39, 0.29) is 17.6 Å². The molecule has 0 aliphatic rings. The summed E-state index contributed by atoms with van der Waals surface area (Å²) in [5, 5.41) is 11.9. The summed E-state index contributed by atoms with van der Waals surface area (Å²) in [5.41, 5.74) is -0.106. The van der Waals surface area contributed by atoms with Crippen molar-refractivity contribution in [1.29, 1.82) is 0 Å². The lowest BCUT2D eigenvalue weighted by Gasteiger charge is -2.12. The Morgan fingerprint density at radius 1 is 1.47 bits per heavy atom. The molecule has 0 fully saturated rings. The summed E-state index contributed by atoms with van der Waals surface area (Å²) in [6.07, 6.45) is 4.33. The summed E-state index contributed by atoms with van der Waals surface area (Å²) in [7, 11) is 0. The van der Waals surface area contributed by atoms with Gasteiger partial charge in [0.25, 0.3) is 0 Å². The van der Waals surface area contributed by atoms with Crippen molar-refractivity contribution in [1.82, 2.24) is 9.97 Å². The molecule has 0 radical (unpaired) electrons. The second-order valence-electron chi connectivity index (χ2n) is 3.44. The van der Waals surface area contributed by atoms with E-state index in [1.807, 2.05) is 6.92 Å². The molecule has 0 bridgehead atoms. The lowest BCUT2D eigenvalue weighted by atomic mass is 10.2. The second-order valence-corrected chi connectivity index (χ2v) is 3.44. The minimum Gasteiger partial charge on any atom is -0.476 e. The number of carboxylic acid groups (broad SMARTS) is 1. The van der Waals surface area contributed by atoms with Crippen LogP contribution in [0.1, 0.15) is 29.2 Å². The van der Waals surface area contributed by atoms with Gasteiger partial charge in [0.2, 0.25) is 0 Å². The lowest BCUT2D eigenvalue weighted by molar-refractivity contribution is 0.0691. The molecule has 0 spiro atoms. The smallest absolute Gasteiger partial charge is 0.358 e. The van der Waals surface area contributed by atoms with Crippen LogP contribution < -0.4 is 5.32 Å². The molecule has 6 heteroatoms. The SMILES string of the molecule is CC(Nc1nccnc1C(=O)O)c1ccco1. The van der Waals surface area contributed by atoms with E-state index in [0.717, 1.165) is 0 Å². The standard InChI is InChI=1S/C11H11N3O3/c1-7(8-3-2-6-17-8)14-10-9(11(15)16)12-4-5-13-10/h2-7H,1H3,(H,13,14)(H,15,16). The highest BCUT2D eigenvalue weighted by atomic mass is 16.4. The molecule has 1 unspecified atom stereocenters. The maximum atomic E-state index is 10.9. The number of carbonyl (C=O) groups is 1. The minimum atomic E-state index is -1.12. The van der Waals surface area contributed by atoms with E-state index in [0.29, 0.717) is 5.76 Å². The number of hydrogen-bond donors (Lipinski definition) is 2. The van der Waals surface area contributed by atoms with E-state index in [4.69, 9.17) is 9.52 Å². The number of anilines is 1. The monoisotopic (exact) mass is 233 g/mol. The molecule has 0 aliphatic carbocycles. The fourth-order valence-electron chi connectivity index (χ4n) is 1.41. The Bertz CT molecular complexity index is 510. The van der Waals surface area contributed by atoms with Gasteiger partial charge in [0, 0.05) is 12.4 Å². The molecule has 2 aromatic heterocycles. The zero-order valence-corrected chi connectivity index (χ0v) is 9.12. The molecule has 2 rings (SSSR count). The largest absolute Gasteiger partial charge is 0.476 e. The van der Waals surface area contributed by atoms with Crippen molar-refractivity contribution in [2.24, 2.45) is 0 Å². The second kappa shape index (κ2) is 4.65. The molecule has 0 aliphatic heterocycles. The number of hydrogen-bond acceptors (Lipinski definition) is 5. The third-order valence-electron chi connectivity index (χ3n) is 2.22. The van der Waals surface area contributed by atoms with Crippen molar-refractivity contribution in [2.75, 3.05) is 5.32 Å². The van der Waals surface area contributed by atoms with Crippen molar-refractivity contribution in [3.05, 3.63) is 42.2 Å². The maximum absolute atomic E-state index is 10.9. The first-order valence-electron chi connectivity index (χ1n) is 5.02. The molecule has 0 saturated heterocycles. The predicted octanol–water partition coefficient (Wildman–Crippen LogP) is 1.94. The minimum absolute atomic E-state index is 0.106. The number of carboxylic acids is 1. The average molecular weight is 233 g/mol. The fourth-order valence-corrected chi connectivity index (χ4v) is 1.41. The van der Waals surface area contributed by atoms with E-state index in [1.54, 1.807) is 18.4 Å². The van der Waals surface area contributed by atoms with Gasteiger partial charge in [0.05, 0.1) is 12.3 Å². The van der Waals surface area contributed by atoms with Gasteiger partial charge in [-0.2, -0.15) is 0 Å². The highest BCUT2D eigenvalue weighted by molar-refractivity contribution is 5.90. The van der Waals surface area contributed by atoms with Crippen LogP contribution in [0.2, 0.25) is 0 Å². The number of nitrogens with one attached hydrogen (secondary N) is 1. The Kier molecular flexibility index (Phi) is 3.04. The summed E-state index contributed by atoms with van der Waals surface area (Å²) in [4.78, 5) is 18.6. The van der Waals surface area contributed by atoms with Crippen LogP contribution in [0, 0.1) is 0 Å². The Hall–Kier alpha value is -2.37. The molecule has 0 amide bonds. The predicted molar refractivity (Wildman–Crippen MR) is 59.7 cm³/mol. The zero-order chi connectivity index (χ0) is 12.3. The van der Waals surface area contributed by atoms with E-state index < -0.39 is 5.97 Å². The number of aromatic carboxylic acids is 1. The molecule has 2 heterocycles. The van der Waals surface area contributed by atoms with E-state index in [2.05, 4.69) is 15.3 Å². The first kappa shape index (κ1) is 11.1. The quantitative estimate of drug-likeness (QED) is 0.838. The molecular formula is C11H11N3O3. The first-order valence-corrected chi connectivity index (χ1v) is 5.02. The molecule has 6 nitrogen and oxygen atoms in total. The molecular weight excluding hydrogens is 222 g/mol. The van der Waals surface area contributed by atoms with Crippen LogP contribution in [-0.4, -0.2) is 21.0 Å². The summed E-state index contributed by atoms with van der Waals surface area (Å²) >= 11 is 0. The number of furan rings is 1. The summed E-state index contributed by atoms with van der Waals surface area (Å²) in [6, 6.07) is 3.39. The van der Waals surface area contributed by atoms with Gasteiger partial charge in [0.15, 0.2) is 11.5 Å². The van der Waals surface area contributed by atoms with Gasteiger partial charge in [-0.15, -0.1) is 0 Å². The van der Waals surface area contributed by atoms with Crippen molar-refractivity contribution in [3.8, 4) is 0 Å². The van der Waals surface area contributed by atoms with Crippen LogP contribution in [0.3, 0.4) is 0 Å². The van der Waals surface area contributed by atoms with Gasteiger partial charge in [-0.3, -0.25) is 0 Å². The van der Waals surface area contributed by atoms with Crippen LogP contribution in [0.4, 0.5) is 5.82 Å². The zero-order valence-electron chi connectivity index (χ0n) is 9.12. The van der Waals surface area contributed by atoms with Crippen molar-refractivity contribution >= 4 is 11.8 Å². The first-order chi connectivity index (χ1) is 8.18. The Morgan fingerprint density at radius 2 is 2.24 bits per heavy atom. The van der Waals surface area contributed by atoms with Crippen LogP contribution in [0.5, 0.6) is 0 Å². The third kappa shape index (κ3) is 2.41. The molecule has 1 atom stereocenters. The highest BCUT2D eigenvalue weighted by Gasteiger charge is 2.16. The van der Waals surface area contributed by atoms with Crippen LogP contribution in [0.15, 0.2) is 35.2 Å². The molecule has 2 N–H and O–H groups in total. The van der Waals surface area contributed by atoms with E-state index in [1.165, 1.54) is 12.4 Å². The van der Waals surface area contributed by atoms with Crippen molar-refractivity contribution < 1.29 is 14.3 Å². The third-order valence-corrected chi connectivity index (χ3v) is 2.22. The van der Waals surface area contributed by atoms with Crippen LogP contribution >= 0.6 is 0 Å². The fraction of sp³-hybridized carbons (Fsp3) is 0.182. The maximum Gasteiger partial charge on any atom is 0.358 e. The van der Waals surface area contributed by atoms with Crippen LogP contribution in [0.25, 0.3) is 0 Å². The average Bonchev–Trinajstić information content (AvgIpc) is 2.83. The van der Waals surface area contributed by atoms with Gasteiger partial charge in [0.1, 0.15) is 5.76 Å². The highest BCUT2D eigenvalue weighted by Crippen LogP contribution is 2.19. The van der Waals surface area contributed by atoms with E-state index in [9.17, 15) is 4.79 Å². The summed E-state index contributed by atoms with van der Waals surface area (Å²) in [5.74, 6) is -0.192. The van der Waals surface area contributed by atoms with E-state index >= 15 is 0 Å². The van der Waals surface area contributed by atoms with Gasteiger partial charge in [-0.25, -0.2) is 14.8 Å². The molecule has 2 aromatic rings. The number of nitrogens with zero attached hydrogens (tertiary/aromatic N) is 2. The summed E-state index contributed by atoms with van der Waals surface area (Å²) < 4.78 is 5.21. The number of aromatic nitrogens is 2. The van der Waals surface area contributed by atoms with Gasteiger partial charge < -0.3 is 14.8 Å². The normalized spacial score (nSPS) is 12.1. The molecule has 0 saturated carbocycles. The Morgan fingerprint density at radius 3 is 2.88 bits per heavy atom. The van der Waals surface area contributed by atoms with Gasteiger partial charge >= 0.3 is 5.97 Å². The molecule has 88 valence electrons. The lowest BCUT2D eigenvalue weighted by Crippen LogP contribution is -2.13. The molecule has 0 aromatic carbocycles.